The van der Waals surface area contributed by atoms with E-state index in [9.17, 15) is 8.78 Å². The molecule has 0 spiro atoms. The summed E-state index contributed by atoms with van der Waals surface area (Å²) < 4.78 is 34.5. The summed E-state index contributed by atoms with van der Waals surface area (Å²) in [5, 5.41) is 2.13. The first-order valence-electron chi connectivity index (χ1n) is 8.34. The van der Waals surface area contributed by atoms with E-state index in [1.165, 1.54) is 6.20 Å². The van der Waals surface area contributed by atoms with Crippen LogP contribution in [0.3, 0.4) is 0 Å². The Morgan fingerprint density at radius 3 is 2.52 bits per heavy atom. The van der Waals surface area contributed by atoms with Crippen molar-refractivity contribution in [2.24, 2.45) is 0 Å². The van der Waals surface area contributed by atoms with Crippen LogP contribution in [0.25, 0.3) is 32.9 Å². The van der Waals surface area contributed by atoms with E-state index in [2.05, 4.69) is 20.8 Å². The number of rotatable bonds is 4. The maximum absolute atomic E-state index is 12.4. The highest BCUT2D eigenvalue weighted by Crippen LogP contribution is 2.32. The van der Waals surface area contributed by atoms with Crippen molar-refractivity contribution in [1.29, 1.82) is 0 Å². The first kappa shape index (κ1) is 17.1. The summed E-state index contributed by atoms with van der Waals surface area (Å²) in [5.41, 5.74) is 3.96. The van der Waals surface area contributed by atoms with Crippen LogP contribution in [0.15, 0.2) is 54.7 Å². The van der Waals surface area contributed by atoms with Crippen LogP contribution in [0.1, 0.15) is 5.56 Å². The van der Waals surface area contributed by atoms with Crippen LogP contribution >= 0.6 is 0 Å². The van der Waals surface area contributed by atoms with Gasteiger partial charge in [0.25, 0.3) is 0 Å². The predicted molar refractivity (Wildman–Crippen MR) is 100 cm³/mol. The third kappa shape index (κ3) is 3.38. The first-order valence-corrected chi connectivity index (χ1v) is 8.34. The van der Waals surface area contributed by atoms with Crippen molar-refractivity contribution in [1.82, 2.24) is 9.97 Å². The summed E-state index contributed by atoms with van der Waals surface area (Å²) in [6.45, 7) is -1.00. The Hall–Kier alpha value is -3.28. The quantitative estimate of drug-likeness (QED) is 0.487. The lowest BCUT2D eigenvalue weighted by atomic mass is 9.98. The molecule has 0 atom stereocenters. The molecule has 27 heavy (non-hydrogen) atoms. The molecule has 0 amide bonds. The van der Waals surface area contributed by atoms with Crippen LogP contribution in [-0.4, -0.2) is 23.7 Å². The second kappa shape index (κ2) is 6.79. The van der Waals surface area contributed by atoms with E-state index in [0.29, 0.717) is 11.0 Å². The first-order chi connectivity index (χ1) is 13.0. The molecule has 0 saturated heterocycles. The van der Waals surface area contributed by atoms with Gasteiger partial charge in [-0.05, 0) is 59.2 Å². The molecule has 1 aromatic heterocycles. The van der Waals surface area contributed by atoms with Crippen molar-refractivity contribution in [2.75, 3.05) is 7.11 Å². The molecule has 0 aliphatic rings. The highest BCUT2D eigenvalue weighted by Gasteiger charge is 2.12. The third-order valence-electron chi connectivity index (χ3n) is 4.34. The lowest BCUT2D eigenvalue weighted by Gasteiger charge is -2.11. The normalized spacial score (nSPS) is 11.3. The Morgan fingerprint density at radius 2 is 1.74 bits per heavy atom. The molecule has 0 aliphatic heterocycles. The third-order valence-corrected chi connectivity index (χ3v) is 4.34. The number of aromatic nitrogens is 2. The van der Waals surface area contributed by atoms with E-state index in [1.807, 2.05) is 43.3 Å². The summed E-state index contributed by atoms with van der Waals surface area (Å²) >= 11 is 0. The molecular formula is C21H16F2N2O2. The molecule has 136 valence electrons. The largest absolute Gasteiger partial charge is 0.497 e. The second-order valence-corrected chi connectivity index (χ2v) is 6.19. The van der Waals surface area contributed by atoms with Gasteiger partial charge in [-0.15, -0.1) is 0 Å². The molecule has 0 unspecified atom stereocenters. The Bertz CT molecular complexity index is 1150. The van der Waals surface area contributed by atoms with E-state index in [0.717, 1.165) is 33.2 Å². The number of nitrogens with zero attached hydrogens (tertiary/aromatic N) is 2. The number of aryl methyl sites for hydroxylation is 1. The van der Waals surface area contributed by atoms with Gasteiger partial charge in [0.05, 0.1) is 24.3 Å². The molecule has 4 nitrogen and oxygen atoms in total. The summed E-state index contributed by atoms with van der Waals surface area (Å²) in [6, 6.07) is 15.8. The van der Waals surface area contributed by atoms with Crippen LogP contribution in [0.4, 0.5) is 8.78 Å². The molecule has 6 heteroatoms. The van der Waals surface area contributed by atoms with Gasteiger partial charge in [0, 0.05) is 5.56 Å². The number of hydrogen-bond donors (Lipinski definition) is 0. The summed E-state index contributed by atoms with van der Waals surface area (Å²) in [5.74, 6) is 0.605. The number of alkyl halides is 2. The van der Waals surface area contributed by atoms with Gasteiger partial charge in [-0.2, -0.15) is 8.78 Å². The lowest BCUT2D eigenvalue weighted by molar-refractivity contribution is -0.0528. The predicted octanol–water partition coefficient (Wildman–Crippen LogP) is 5.37. The number of fused-ring (bicyclic) bond motifs is 2. The average molecular weight is 366 g/mol. The van der Waals surface area contributed by atoms with Crippen LogP contribution in [0.2, 0.25) is 0 Å². The van der Waals surface area contributed by atoms with E-state index in [-0.39, 0.29) is 5.88 Å². The van der Waals surface area contributed by atoms with Crippen molar-refractivity contribution < 1.29 is 18.3 Å². The minimum atomic E-state index is -2.93. The molecule has 1 heterocycles. The number of benzene rings is 3. The minimum absolute atomic E-state index is 0.195. The van der Waals surface area contributed by atoms with E-state index < -0.39 is 6.61 Å². The van der Waals surface area contributed by atoms with Crippen molar-refractivity contribution >= 4 is 21.8 Å². The van der Waals surface area contributed by atoms with Gasteiger partial charge in [-0.25, -0.2) is 9.97 Å². The maximum Gasteiger partial charge on any atom is 0.388 e. The minimum Gasteiger partial charge on any atom is -0.497 e. The zero-order valence-corrected chi connectivity index (χ0v) is 14.7. The second-order valence-electron chi connectivity index (χ2n) is 6.19. The molecule has 0 bridgehead atoms. The van der Waals surface area contributed by atoms with E-state index in [4.69, 9.17) is 4.74 Å². The van der Waals surface area contributed by atoms with Crippen LogP contribution in [0.5, 0.6) is 11.6 Å². The monoisotopic (exact) mass is 366 g/mol. The molecule has 0 radical (unpaired) electrons. The van der Waals surface area contributed by atoms with Gasteiger partial charge >= 0.3 is 6.61 Å². The number of ether oxygens (including phenoxy) is 2. The number of halogens is 2. The van der Waals surface area contributed by atoms with E-state index >= 15 is 0 Å². The Kier molecular flexibility index (Phi) is 4.32. The van der Waals surface area contributed by atoms with Gasteiger partial charge in [0.1, 0.15) is 5.75 Å². The van der Waals surface area contributed by atoms with Crippen molar-refractivity contribution in [3.63, 3.8) is 0 Å². The van der Waals surface area contributed by atoms with Gasteiger partial charge in [0.2, 0.25) is 5.88 Å². The zero-order chi connectivity index (χ0) is 19.0. The summed E-state index contributed by atoms with van der Waals surface area (Å²) in [6.07, 6.45) is 1.22. The number of hydrogen-bond acceptors (Lipinski definition) is 4. The summed E-state index contributed by atoms with van der Waals surface area (Å²) in [7, 11) is 1.64. The van der Waals surface area contributed by atoms with Crippen LogP contribution in [0, 0.1) is 6.92 Å². The maximum atomic E-state index is 12.4. The van der Waals surface area contributed by atoms with Gasteiger partial charge in [-0.1, -0.05) is 18.2 Å². The molecule has 0 fully saturated rings. The number of methoxy groups -OCH3 is 1. The van der Waals surface area contributed by atoms with Crippen LogP contribution in [-0.2, 0) is 0 Å². The fourth-order valence-corrected chi connectivity index (χ4v) is 3.13. The molecule has 0 saturated carbocycles. The van der Waals surface area contributed by atoms with Crippen molar-refractivity contribution in [3.05, 3.63) is 60.3 Å². The van der Waals surface area contributed by atoms with Gasteiger partial charge in [-0.3, -0.25) is 0 Å². The zero-order valence-electron chi connectivity index (χ0n) is 14.7. The molecule has 0 aliphatic carbocycles. The topological polar surface area (TPSA) is 44.2 Å². The molecule has 4 rings (SSSR count). The van der Waals surface area contributed by atoms with E-state index in [1.54, 1.807) is 13.2 Å². The Morgan fingerprint density at radius 1 is 0.963 bits per heavy atom. The summed E-state index contributed by atoms with van der Waals surface area (Å²) in [4.78, 5) is 8.48. The molecular weight excluding hydrogens is 350 g/mol. The van der Waals surface area contributed by atoms with Crippen molar-refractivity contribution in [2.45, 2.75) is 13.5 Å². The molecule has 0 N–H and O–H groups in total. The SMILES string of the molecule is COc1ccc2cc(-c3cc(C)cc4nc(OC(F)F)cnc34)ccc2c1. The Labute approximate surface area is 154 Å². The molecule has 3 aromatic carbocycles. The van der Waals surface area contributed by atoms with Gasteiger partial charge < -0.3 is 9.47 Å². The molecule has 4 aromatic rings. The smallest absolute Gasteiger partial charge is 0.388 e. The average Bonchev–Trinajstić information content (AvgIpc) is 2.65. The van der Waals surface area contributed by atoms with Crippen molar-refractivity contribution in [3.8, 4) is 22.8 Å². The highest BCUT2D eigenvalue weighted by atomic mass is 19.3. The standard InChI is InChI=1S/C21H16F2N2O2/c1-12-7-17(20-18(8-12)25-19(11-24-20)27-21(22)23)15-4-3-14-10-16(26-2)6-5-13(14)9-15/h3-11,21H,1-2H3. The highest BCUT2D eigenvalue weighted by molar-refractivity contribution is 5.96. The van der Waals surface area contributed by atoms with Gasteiger partial charge in [0.15, 0.2) is 0 Å². The fourth-order valence-electron chi connectivity index (χ4n) is 3.13. The fraction of sp³-hybridized carbons (Fsp3) is 0.143. The lowest BCUT2D eigenvalue weighted by Crippen LogP contribution is -2.04. The Balaban J connectivity index is 1.86. The van der Waals surface area contributed by atoms with Crippen LogP contribution < -0.4 is 9.47 Å².